The second-order valence-corrected chi connectivity index (χ2v) is 7.16. The molecule has 1 aliphatic heterocycles. The summed E-state index contributed by atoms with van der Waals surface area (Å²) >= 11 is 0. The number of nitrogens with zero attached hydrogens (tertiary/aromatic N) is 1. The molecule has 2 aromatic carbocycles. The van der Waals surface area contributed by atoms with E-state index in [9.17, 15) is 14.0 Å². The summed E-state index contributed by atoms with van der Waals surface area (Å²) < 4.78 is 13.3. The molecule has 2 aliphatic rings. The Bertz CT molecular complexity index is 841. The minimum atomic E-state index is -0.458. The normalized spacial score (nSPS) is 18.0. The van der Waals surface area contributed by atoms with E-state index in [4.69, 9.17) is 0 Å². The summed E-state index contributed by atoms with van der Waals surface area (Å²) in [6, 6.07) is 13.8. The molecule has 0 saturated heterocycles. The van der Waals surface area contributed by atoms with E-state index in [2.05, 4.69) is 5.32 Å². The molecular formula is C21H21FN2O2. The van der Waals surface area contributed by atoms with E-state index in [0.717, 1.165) is 36.8 Å². The molecule has 0 aromatic heterocycles. The van der Waals surface area contributed by atoms with Crippen molar-refractivity contribution in [3.63, 3.8) is 0 Å². The van der Waals surface area contributed by atoms with E-state index in [1.807, 2.05) is 18.2 Å². The van der Waals surface area contributed by atoms with E-state index < -0.39 is 5.54 Å². The van der Waals surface area contributed by atoms with E-state index in [1.165, 1.54) is 12.1 Å². The molecule has 4 rings (SSSR count). The van der Waals surface area contributed by atoms with Crippen molar-refractivity contribution in [3.8, 4) is 0 Å². The molecular weight excluding hydrogens is 331 g/mol. The zero-order chi connectivity index (χ0) is 18.1. The molecule has 2 amide bonds. The second kappa shape index (κ2) is 6.56. The second-order valence-electron chi connectivity index (χ2n) is 7.16. The van der Waals surface area contributed by atoms with E-state index in [1.54, 1.807) is 23.1 Å². The highest BCUT2D eigenvalue weighted by Crippen LogP contribution is 2.38. The molecule has 1 fully saturated rings. The van der Waals surface area contributed by atoms with E-state index >= 15 is 0 Å². The lowest BCUT2D eigenvalue weighted by molar-refractivity contribution is -0.123. The first-order valence-corrected chi connectivity index (χ1v) is 9.02. The standard InChI is InChI=1S/C21H21FN2O2/c22-17-9-7-16(8-10-17)21(11-3-4-12-21)23-19(25)14-24-13-15-5-1-2-6-18(15)20(24)26/h1-2,5-10H,3-4,11-14H2,(H,23,25). The molecule has 1 N–H and O–H groups in total. The van der Waals surface area contributed by atoms with Crippen LogP contribution in [0, 0.1) is 5.82 Å². The van der Waals surface area contributed by atoms with Crippen LogP contribution in [-0.2, 0) is 16.9 Å². The van der Waals surface area contributed by atoms with Crippen LogP contribution in [0.25, 0.3) is 0 Å². The minimum absolute atomic E-state index is 0.0382. The molecule has 0 bridgehead atoms. The zero-order valence-electron chi connectivity index (χ0n) is 14.5. The molecule has 0 atom stereocenters. The summed E-state index contributed by atoms with van der Waals surface area (Å²) in [6.07, 6.45) is 3.70. The number of benzene rings is 2. The fourth-order valence-electron chi connectivity index (χ4n) is 4.16. The maximum Gasteiger partial charge on any atom is 0.254 e. The SMILES string of the molecule is O=C(CN1Cc2ccccc2C1=O)NC1(c2ccc(F)cc2)CCCC1. The van der Waals surface area contributed by atoms with Crippen molar-refractivity contribution in [1.82, 2.24) is 10.2 Å². The average molecular weight is 352 g/mol. The smallest absolute Gasteiger partial charge is 0.254 e. The first-order valence-electron chi connectivity index (χ1n) is 9.02. The zero-order valence-corrected chi connectivity index (χ0v) is 14.5. The lowest BCUT2D eigenvalue weighted by atomic mass is 9.88. The van der Waals surface area contributed by atoms with Crippen LogP contribution in [-0.4, -0.2) is 23.3 Å². The van der Waals surface area contributed by atoms with Crippen LogP contribution < -0.4 is 5.32 Å². The van der Waals surface area contributed by atoms with Crippen LogP contribution in [0.4, 0.5) is 4.39 Å². The van der Waals surface area contributed by atoms with Gasteiger partial charge in [0.05, 0.1) is 5.54 Å². The summed E-state index contributed by atoms with van der Waals surface area (Å²) in [6.45, 7) is 0.502. The Balaban J connectivity index is 1.48. The quantitative estimate of drug-likeness (QED) is 0.917. The highest BCUT2D eigenvalue weighted by molar-refractivity contribution is 6.00. The number of nitrogens with one attached hydrogen (secondary N) is 1. The van der Waals surface area contributed by atoms with Crippen LogP contribution in [0.2, 0.25) is 0 Å². The number of fused-ring (bicyclic) bond motifs is 1. The Kier molecular flexibility index (Phi) is 4.23. The molecule has 26 heavy (non-hydrogen) atoms. The van der Waals surface area contributed by atoms with Crippen LogP contribution in [0.5, 0.6) is 0 Å². The number of hydrogen-bond donors (Lipinski definition) is 1. The Hall–Kier alpha value is -2.69. The molecule has 0 spiro atoms. The Morgan fingerprint density at radius 3 is 2.46 bits per heavy atom. The van der Waals surface area contributed by atoms with Crippen molar-refractivity contribution in [2.45, 2.75) is 37.8 Å². The molecule has 2 aromatic rings. The van der Waals surface area contributed by atoms with Crippen molar-refractivity contribution < 1.29 is 14.0 Å². The fraction of sp³-hybridized carbons (Fsp3) is 0.333. The van der Waals surface area contributed by atoms with Gasteiger partial charge in [-0.15, -0.1) is 0 Å². The van der Waals surface area contributed by atoms with Gasteiger partial charge in [0.1, 0.15) is 12.4 Å². The first-order chi connectivity index (χ1) is 12.6. The van der Waals surface area contributed by atoms with Gasteiger partial charge in [-0.3, -0.25) is 9.59 Å². The Labute approximate surface area is 152 Å². The number of carbonyl (C=O) groups is 2. The molecule has 4 nitrogen and oxygen atoms in total. The molecule has 1 saturated carbocycles. The van der Waals surface area contributed by atoms with Crippen molar-refractivity contribution in [2.24, 2.45) is 0 Å². The first kappa shape index (κ1) is 16.8. The largest absolute Gasteiger partial charge is 0.345 e. The number of amides is 2. The van der Waals surface area contributed by atoms with Gasteiger partial charge in [0.15, 0.2) is 0 Å². The summed E-state index contributed by atoms with van der Waals surface area (Å²) in [5.74, 6) is -0.552. The van der Waals surface area contributed by atoms with Gasteiger partial charge in [-0.1, -0.05) is 43.2 Å². The molecule has 5 heteroatoms. The third-order valence-electron chi connectivity index (χ3n) is 5.46. The topological polar surface area (TPSA) is 49.4 Å². The van der Waals surface area contributed by atoms with Crippen molar-refractivity contribution in [3.05, 3.63) is 71.0 Å². The van der Waals surface area contributed by atoms with Crippen LogP contribution in [0.3, 0.4) is 0 Å². The highest BCUT2D eigenvalue weighted by Gasteiger charge is 2.38. The van der Waals surface area contributed by atoms with Gasteiger partial charge >= 0.3 is 0 Å². The number of halogens is 1. The van der Waals surface area contributed by atoms with Crippen molar-refractivity contribution in [1.29, 1.82) is 0 Å². The lowest BCUT2D eigenvalue weighted by Crippen LogP contribution is -2.48. The van der Waals surface area contributed by atoms with Gasteiger partial charge in [-0.05, 0) is 42.2 Å². The fourth-order valence-corrected chi connectivity index (χ4v) is 4.16. The molecule has 134 valence electrons. The monoisotopic (exact) mass is 352 g/mol. The molecule has 0 unspecified atom stereocenters. The maximum absolute atomic E-state index is 13.3. The van der Waals surface area contributed by atoms with Gasteiger partial charge in [0.25, 0.3) is 5.91 Å². The van der Waals surface area contributed by atoms with E-state index in [-0.39, 0.29) is 24.2 Å². The van der Waals surface area contributed by atoms with Crippen molar-refractivity contribution >= 4 is 11.8 Å². The lowest BCUT2D eigenvalue weighted by Gasteiger charge is -2.32. The number of carbonyl (C=O) groups excluding carboxylic acids is 2. The minimum Gasteiger partial charge on any atom is -0.345 e. The highest BCUT2D eigenvalue weighted by atomic mass is 19.1. The predicted octanol–water partition coefficient (Wildman–Crippen LogP) is 3.37. The third kappa shape index (κ3) is 2.98. The van der Waals surface area contributed by atoms with Gasteiger partial charge in [-0.2, -0.15) is 0 Å². The third-order valence-corrected chi connectivity index (χ3v) is 5.46. The molecule has 1 heterocycles. The summed E-state index contributed by atoms with van der Waals surface area (Å²) in [5.41, 5.74) is 2.11. The summed E-state index contributed by atoms with van der Waals surface area (Å²) in [7, 11) is 0. The van der Waals surface area contributed by atoms with Crippen molar-refractivity contribution in [2.75, 3.05) is 6.54 Å². The number of hydrogen-bond acceptors (Lipinski definition) is 2. The molecule has 1 aliphatic carbocycles. The van der Waals surface area contributed by atoms with Gasteiger partial charge in [0, 0.05) is 12.1 Å². The van der Waals surface area contributed by atoms with Gasteiger partial charge in [-0.25, -0.2) is 4.39 Å². The predicted molar refractivity (Wildman–Crippen MR) is 95.9 cm³/mol. The maximum atomic E-state index is 13.3. The Morgan fingerprint density at radius 1 is 1.08 bits per heavy atom. The van der Waals surface area contributed by atoms with Crippen LogP contribution in [0.1, 0.15) is 47.2 Å². The summed E-state index contributed by atoms with van der Waals surface area (Å²) in [5, 5.41) is 3.15. The average Bonchev–Trinajstić information content (AvgIpc) is 3.22. The van der Waals surface area contributed by atoms with Gasteiger partial charge < -0.3 is 10.2 Å². The molecule has 0 radical (unpaired) electrons. The van der Waals surface area contributed by atoms with Gasteiger partial charge in [0.2, 0.25) is 5.91 Å². The number of rotatable bonds is 4. The van der Waals surface area contributed by atoms with Crippen LogP contribution in [0.15, 0.2) is 48.5 Å². The summed E-state index contributed by atoms with van der Waals surface area (Å²) in [4.78, 5) is 26.8. The van der Waals surface area contributed by atoms with E-state index in [0.29, 0.717) is 12.1 Å². The van der Waals surface area contributed by atoms with Crippen LogP contribution >= 0.6 is 0 Å². The Morgan fingerprint density at radius 2 is 1.77 bits per heavy atom.